The maximum Gasteiger partial charge on any atom is 0.161 e. The monoisotopic (exact) mass is 598 g/mol. The van der Waals surface area contributed by atoms with E-state index in [9.17, 15) is 0 Å². The molecule has 0 N–H and O–H groups in total. The zero-order valence-corrected chi connectivity index (χ0v) is 25.5. The van der Waals surface area contributed by atoms with E-state index in [1.807, 2.05) is 54.6 Å². The molecule has 224 valence electrons. The minimum absolute atomic E-state index is 0.0271. The Bertz CT molecular complexity index is 1480. The van der Waals surface area contributed by atoms with E-state index in [0.29, 0.717) is 37.9 Å². The van der Waals surface area contributed by atoms with Crippen molar-refractivity contribution in [1.29, 1.82) is 0 Å². The molecule has 0 amide bonds. The van der Waals surface area contributed by atoms with Crippen LogP contribution in [0.3, 0.4) is 0 Å². The van der Waals surface area contributed by atoms with Crippen molar-refractivity contribution in [1.82, 2.24) is 0 Å². The summed E-state index contributed by atoms with van der Waals surface area (Å²) in [7, 11) is 0. The molecule has 0 aliphatic carbocycles. The lowest BCUT2D eigenvalue weighted by Gasteiger charge is -2.46. The van der Waals surface area contributed by atoms with Crippen LogP contribution in [0.1, 0.15) is 54.2 Å². The number of rotatable bonds is 10. The molecular weight excluding hydrogens is 560 g/mol. The van der Waals surface area contributed by atoms with E-state index in [1.165, 1.54) is 0 Å². The number of halogens is 1. The van der Waals surface area contributed by atoms with Gasteiger partial charge in [-0.25, -0.2) is 0 Å². The van der Waals surface area contributed by atoms with Gasteiger partial charge < -0.3 is 23.7 Å². The molecule has 2 heterocycles. The fourth-order valence-electron chi connectivity index (χ4n) is 6.10. The SMILES string of the molecule is CC[C@H]1O[C@@H](c2ccc(Cl)c(Cc3ccc4c(c3)OCCO4)c2)[C@H](OCc2ccccc2)[C@@H](OCc2ccccc2)[C@@H]1C. The molecule has 2 aliphatic heterocycles. The third-order valence-electron chi connectivity index (χ3n) is 8.42. The summed E-state index contributed by atoms with van der Waals surface area (Å²) in [5.41, 5.74) is 5.42. The highest BCUT2D eigenvalue weighted by atomic mass is 35.5. The molecule has 0 unspecified atom stereocenters. The number of fused-ring (bicyclic) bond motifs is 1. The first-order valence-electron chi connectivity index (χ1n) is 15.2. The molecule has 2 aliphatic rings. The molecule has 0 spiro atoms. The van der Waals surface area contributed by atoms with Crippen molar-refractivity contribution >= 4 is 11.6 Å². The molecule has 5 atom stereocenters. The van der Waals surface area contributed by atoms with Crippen LogP contribution in [0.15, 0.2) is 97.1 Å². The standard InChI is InChI=1S/C37H39ClO5/c1-3-32-25(2)35(41-23-26-10-6-4-7-11-26)37(42-24-27-12-8-5-9-13-27)36(43-32)29-15-16-31(38)30(22-29)20-28-14-17-33-34(21-28)40-19-18-39-33/h4-17,21-22,25,32,35-37H,3,18-20,23-24H2,1-2H3/t25-,32-,35+,36+,37-/m1/s1. The van der Waals surface area contributed by atoms with Crippen LogP contribution in [0.5, 0.6) is 11.5 Å². The Hall–Kier alpha value is -3.35. The molecule has 1 saturated heterocycles. The Morgan fingerprint density at radius 2 is 1.37 bits per heavy atom. The van der Waals surface area contributed by atoms with E-state index >= 15 is 0 Å². The minimum atomic E-state index is -0.318. The number of hydrogen-bond acceptors (Lipinski definition) is 5. The molecule has 0 saturated carbocycles. The third kappa shape index (κ3) is 7.08. The van der Waals surface area contributed by atoms with Gasteiger partial charge in [-0.2, -0.15) is 0 Å². The van der Waals surface area contributed by atoms with E-state index in [2.05, 4.69) is 56.3 Å². The van der Waals surface area contributed by atoms with Crippen LogP contribution in [0.4, 0.5) is 0 Å². The lowest BCUT2D eigenvalue weighted by Crippen LogP contribution is -2.51. The van der Waals surface area contributed by atoms with Crippen LogP contribution in [-0.4, -0.2) is 31.5 Å². The van der Waals surface area contributed by atoms with Crippen LogP contribution in [0, 0.1) is 5.92 Å². The summed E-state index contributed by atoms with van der Waals surface area (Å²) in [4.78, 5) is 0. The van der Waals surface area contributed by atoms with Crippen LogP contribution in [0.25, 0.3) is 0 Å². The molecule has 4 aromatic rings. The summed E-state index contributed by atoms with van der Waals surface area (Å²) in [6.07, 6.45) is 0.773. The van der Waals surface area contributed by atoms with Crippen molar-refractivity contribution in [2.45, 2.75) is 64.3 Å². The highest BCUT2D eigenvalue weighted by Gasteiger charge is 2.45. The topological polar surface area (TPSA) is 46.2 Å². The molecule has 0 aromatic heterocycles. The Morgan fingerprint density at radius 1 is 0.721 bits per heavy atom. The molecule has 0 bridgehead atoms. The Balaban J connectivity index is 1.30. The molecule has 1 fully saturated rings. The van der Waals surface area contributed by atoms with E-state index in [-0.39, 0.29) is 30.3 Å². The summed E-state index contributed by atoms with van der Waals surface area (Å²) in [6, 6.07) is 32.9. The Morgan fingerprint density at radius 3 is 2.05 bits per heavy atom. The van der Waals surface area contributed by atoms with Crippen molar-refractivity contribution < 1.29 is 23.7 Å². The average Bonchev–Trinajstić information content (AvgIpc) is 3.05. The van der Waals surface area contributed by atoms with Gasteiger partial charge in [-0.3, -0.25) is 0 Å². The third-order valence-corrected chi connectivity index (χ3v) is 8.79. The quantitative estimate of drug-likeness (QED) is 0.183. The molecule has 6 heteroatoms. The lowest BCUT2D eigenvalue weighted by atomic mass is 9.84. The summed E-state index contributed by atoms with van der Waals surface area (Å²) in [5.74, 6) is 1.71. The van der Waals surface area contributed by atoms with Gasteiger partial charge in [0.05, 0.1) is 25.4 Å². The van der Waals surface area contributed by atoms with Gasteiger partial charge in [-0.1, -0.05) is 104 Å². The Labute approximate surface area is 259 Å². The predicted molar refractivity (Wildman–Crippen MR) is 169 cm³/mol. The zero-order valence-electron chi connectivity index (χ0n) is 24.8. The van der Waals surface area contributed by atoms with Crippen molar-refractivity contribution in [3.63, 3.8) is 0 Å². The molecular formula is C37H39ClO5. The largest absolute Gasteiger partial charge is 0.486 e. The highest BCUT2D eigenvalue weighted by Crippen LogP contribution is 2.41. The first kappa shape index (κ1) is 29.7. The highest BCUT2D eigenvalue weighted by molar-refractivity contribution is 6.31. The van der Waals surface area contributed by atoms with Crippen LogP contribution < -0.4 is 9.47 Å². The second-order valence-electron chi connectivity index (χ2n) is 11.4. The minimum Gasteiger partial charge on any atom is -0.486 e. The zero-order chi connectivity index (χ0) is 29.6. The maximum absolute atomic E-state index is 6.85. The molecule has 6 rings (SSSR count). The smallest absolute Gasteiger partial charge is 0.161 e. The summed E-state index contributed by atoms with van der Waals surface area (Å²) in [5, 5.41) is 0.716. The maximum atomic E-state index is 6.85. The van der Waals surface area contributed by atoms with Gasteiger partial charge >= 0.3 is 0 Å². The van der Waals surface area contributed by atoms with E-state index < -0.39 is 0 Å². The van der Waals surface area contributed by atoms with Gasteiger partial charge in [-0.05, 0) is 58.9 Å². The fraction of sp³-hybridized carbons (Fsp3) is 0.351. The normalized spacial score (nSPS) is 23.2. The van der Waals surface area contributed by atoms with Crippen molar-refractivity contribution in [3.05, 3.63) is 130 Å². The summed E-state index contributed by atoms with van der Waals surface area (Å²) in [6.45, 7) is 6.50. The van der Waals surface area contributed by atoms with Crippen LogP contribution in [0.2, 0.25) is 5.02 Å². The fourth-order valence-corrected chi connectivity index (χ4v) is 6.28. The summed E-state index contributed by atoms with van der Waals surface area (Å²) >= 11 is 6.78. The van der Waals surface area contributed by atoms with Gasteiger partial charge in [0.2, 0.25) is 0 Å². The van der Waals surface area contributed by atoms with Gasteiger partial charge in [-0.15, -0.1) is 0 Å². The van der Waals surface area contributed by atoms with Gasteiger partial charge in [0.15, 0.2) is 11.5 Å². The van der Waals surface area contributed by atoms with Gasteiger partial charge in [0.1, 0.15) is 25.4 Å². The Kier molecular flexibility index (Phi) is 9.64. The number of benzene rings is 4. The van der Waals surface area contributed by atoms with Crippen molar-refractivity contribution in [3.8, 4) is 11.5 Å². The second-order valence-corrected chi connectivity index (χ2v) is 11.8. The van der Waals surface area contributed by atoms with E-state index in [0.717, 1.165) is 45.7 Å². The predicted octanol–water partition coefficient (Wildman–Crippen LogP) is 8.36. The first-order valence-corrected chi connectivity index (χ1v) is 15.6. The lowest BCUT2D eigenvalue weighted by molar-refractivity contribution is -0.234. The van der Waals surface area contributed by atoms with Gasteiger partial charge in [0.25, 0.3) is 0 Å². The van der Waals surface area contributed by atoms with Gasteiger partial charge in [0, 0.05) is 10.9 Å². The molecule has 0 radical (unpaired) electrons. The average molecular weight is 599 g/mol. The first-order chi connectivity index (χ1) is 21.1. The van der Waals surface area contributed by atoms with Crippen molar-refractivity contribution in [2.24, 2.45) is 5.92 Å². The van der Waals surface area contributed by atoms with E-state index in [4.69, 9.17) is 35.3 Å². The van der Waals surface area contributed by atoms with Crippen molar-refractivity contribution in [2.75, 3.05) is 13.2 Å². The van der Waals surface area contributed by atoms with Crippen LogP contribution in [-0.2, 0) is 33.8 Å². The van der Waals surface area contributed by atoms with E-state index in [1.54, 1.807) is 0 Å². The molecule has 43 heavy (non-hydrogen) atoms. The second kappa shape index (κ2) is 14.0. The molecule has 5 nitrogen and oxygen atoms in total. The summed E-state index contributed by atoms with van der Waals surface area (Å²) < 4.78 is 31.8. The molecule has 4 aromatic carbocycles. The van der Waals surface area contributed by atoms with Crippen LogP contribution >= 0.6 is 11.6 Å². The number of hydrogen-bond donors (Lipinski definition) is 0. The number of ether oxygens (including phenoxy) is 5.